The van der Waals surface area contributed by atoms with E-state index in [4.69, 9.17) is 0 Å². The highest BCUT2D eigenvalue weighted by atomic mass is 32.2. The van der Waals surface area contributed by atoms with E-state index in [-0.39, 0.29) is 5.91 Å². The molecule has 0 aliphatic heterocycles. The Kier molecular flexibility index (Phi) is 5.43. The van der Waals surface area contributed by atoms with Crippen molar-refractivity contribution in [1.82, 2.24) is 15.3 Å². The molecule has 0 radical (unpaired) electrons. The van der Waals surface area contributed by atoms with Crippen LogP contribution in [0, 0.1) is 6.92 Å². The van der Waals surface area contributed by atoms with E-state index in [0.29, 0.717) is 12.1 Å². The maximum Gasteiger partial charge on any atom is 0.252 e. The molecule has 0 fully saturated rings. The third kappa shape index (κ3) is 4.40. The SMILES string of the molecule is Cc1nc(CNC(=O)c2ccccc2SCc2cscn2)cs1. The number of nitrogens with zero attached hydrogens (tertiary/aromatic N) is 2. The van der Waals surface area contributed by atoms with Crippen LogP contribution in [0.1, 0.15) is 26.8 Å². The van der Waals surface area contributed by atoms with E-state index >= 15 is 0 Å². The highest BCUT2D eigenvalue weighted by molar-refractivity contribution is 7.98. The summed E-state index contributed by atoms with van der Waals surface area (Å²) >= 11 is 4.80. The highest BCUT2D eigenvalue weighted by Gasteiger charge is 2.12. The van der Waals surface area contributed by atoms with Crippen molar-refractivity contribution < 1.29 is 4.79 Å². The average molecular weight is 362 g/mol. The number of thioether (sulfide) groups is 1. The average Bonchev–Trinajstić information content (AvgIpc) is 3.22. The molecule has 2 aromatic heterocycles. The molecule has 0 atom stereocenters. The lowest BCUT2D eigenvalue weighted by atomic mass is 10.2. The molecule has 0 aliphatic carbocycles. The van der Waals surface area contributed by atoms with E-state index in [9.17, 15) is 4.79 Å². The highest BCUT2D eigenvalue weighted by Crippen LogP contribution is 2.26. The Morgan fingerprint density at radius 1 is 1.26 bits per heavy atom. The summed E-state index contributed by atoms with van der Waals surface area (Å²) in [4.78, 5) is 22.0. The van der Waals surface area contributed by atoms with E-state index in [1.165, 1.54) is 0 Å². The summed E-state index contributed by atoms with van der Waals surface area (Å²) in [5, 5.41) is 7.95. The summed E-state index contributed by atoms with van der Waals surface area (Å²) < 4.78 is 0. The number of benzene rings is 1. The van der Waals surface area contributed by atoms with E-state index in [1.807, 2.05) is 47.5 Å². The van der Waals surface area contributed by atoms with Gasteiger partial charge in [-0.05, 0) is 19.1 Å². The molecule has 2 heterocycles. The zero-order valence-corrected chi connectivity index (χ0v) is 14.9. The van der Waals surface area contributed by atoms with Crippen molar-refractivity contribution in [3.05, 3.63) is 62.5 Å². The standard InChI is InChI=1S/C16H15N3OS3/c1-11-19-12(8-22-11)6-17-16(20)14-4-2-3-5-15(14)23-9-13-7-21-10-18-13/h2-5,7-8,10H,6,9H2,1H3,(H,17,20). The normalized spacial score (nSPS) is 10.7. The first-order valence-corrected chi connectivity index (χ1v) is 9.81. The predicted octanol–water partition coefficient (Wildman–Crippen LogP) is 4.13. The Labute approximate surface area is 147 Å². The van der Waals surface area contributed by atoms with Crippen molar-refractivity contribution in [2.75, 3.05) is 0 Å². The number of aryl methyl sites for hydroxylation is 1. The Balaban J connectivity index is 1.65. The summed E-state index contributed by atoms with van der Waals surface area (Å²) in [6.07, 6.45) is 0. The van der Waals surface area contributed by atoms with Crippen molar-refractivity contribution in [2.24, 2.45) is 0 Å². The lowest BCUT2D eigenvalue weighted by molar-refractivity contribution is 0.0947. The van der Waals surface area contributed by atoms with Gasteiger partial charge in [0, 0.05) is 21.4 Å². The maximum absolute atomic E-state index is 12.4. The van der Waals surface area contributed by atoms with Gasteiger partial charge in [0.1, 0.15) is 0 Å². The summed E-state index contributed by atoms with van der Waals surface area (Å²) in [7, 11) is 0. The van der Waals surface area contributed by atoms with Crippen LogP contribution in [-0.2, 0) is 12.3 Å². The minimum atomic E-state index is -0.0722. The summed E-state index contributed by atoms with van der Waals surface area (Å²) in [6, 6.07) is 7.66. The smallest absolute Gasteiger partial charge is 0.252 e. The molecule has 4 nitrogen and oxygen atoms in total. The van der Waals surface area contributed by atoms with E-state index in [0.717, 1.165) is 27.0 Å². The van der Waals surface area contributed by atoms with Crippen molar-refractivity contribution >= 4 is 40.3 Å². The van der Waals surface area contributed by atoms with E-state index in [1.54, 1.807) is 34.4 Å². The first-order chi connectivity index (χ1) is 11.2. The van der Waals surface area contributed by atoms with Gasteiger partial charge in [-0.15, -0.1) is 34.4 Å². The predicted molar refractivity (Wildman–Crippen MR) is 96.1 cm³/mol. The van der Waals surface area contributed by atoms with Crippen LogP contribution in [0.2, 0.25) is 0 Å². The number of aromatic nitrogens is 2. The van der Waals surface area contributed by atoms with Gasteiger partial charge in [-0.1, -0.05) is 12.1 Å². The summed E-state index contributed by atoms with van der Waals surface area (Å²) in [6.45, 7) is 2.41. The number of carbonyl (C=O) groups is 1. The first kappa shape index (κ1) is 16.2. The quantitative estimate of drug-likeness (QED) is 0.671. The molecule has 118 valence electrons. The third-order valence-electron chi connectivity index (χ3n) is 3.09. The molecule has 0 unspecified atom stereocenters. The topological polar surface area (TPSA) is 54.9 Å². The molecular formula is C16H15N3OS3. The third-order valence-corrected chi connectivity index (χ3v) is 5.65. The number of hydrogen-bond donors (Lipinski definition) is 1. The van der Waals surface area contributed by atoms with Crippen molar-refractivity contribution in [3.63, 3.8) is 0 Å². The van der Waals surface area contributed by atoms with Crippen molar-refractivity contribution in [2.45, 2.75) is 24.1 Å². The lowest BCUT2D eigenvalue weighted by Crippen LogP contribution is -2.23. The van der Waals surface area contributed by atoms with Crippen molar-refractivity contribution in [1.29, 1.82) is 0 Å². The Morgan fingerprint density at radius 3 is 2.87 bits per heavy atom. The number of nitrogens with one attached hydrogen (secondary N) is 1. The Morgan fingerprint density at radius 2 is 2.13 bits per heavy atom. The molecule has 7 heteroatoms. The fourth-order valence-corrected chi connectivity index (χ4v) is 4.22. The molecule has 0 saturated carbocycles. The second-order valence-electron chi connectivity index (χ2n) is 4.81. The zero-order chi connectivity index (χ0) is 16.1. The molecular weight excluding hydrogens is 346 g/mol. The van der Waals surface area contributed by atoms with Crippen LogP contribution in [-0.4, -0.2) is 15.9 Å². The van der Waals surface area contributed by atoms with Gasteiger partial charge >= 0.3 is 0 Å². The first-order valence-electron chi connectivity index (χ1n) is 7.00. The van der Waals surface area contributed by atoms with Gasteiger partial charge in [0.2, 0.25) is 0 Å². The molecule has 0 saturated heterocycles. The van der Waals surface area contributed by atoms with Gasteiger partial charge in [-0.2, -0.15) is 0 Å². The number of thiazole rings is 2. The molecule has 1 aromatic carbocycles. The van der Waals surface area contributed by atoms with Crippen LogP contribution >= 0.6 is 34.4 Å². The van der Waals surface area contributed by atoms with Gasteiger partial charge in [0.25, 0.3) is 5.91 Å². The molecule has 0 spiro atoms. The van der Waals surface area contributed by atoms with Crippen molar-refractivity contribution in [3.8, 4) is 0 Å². The fraction of sp³-hybridized carbons (Fsp3) is 0.188. The van der Waals surface area contributed by atoms with Crippen LogP contribution in [0.25, 0.3) is 0 Å². The van der Waals surface area contributed by atoms with E-state index in [2.05, 4.69) is 15.3 Å². The van der Waals surface area contributed by atoms with Crippen LogP contribution in [0.15, 0.2) is 45.4 Å². The van der Waals surface area contributed by atoms with Gasteiger partial charge in [0.05, 0.1) is 34.0 Å². The lowest BCUT2D eigenvalue weighted by Gasteiger charge is -2.08. The second-order valence-corrected chi connectivity index (χ2v) is 7.60. The van der Waals surface area contributed by atoms with Crippen LogP contribution in [0.4, 0.5) is 0 Å². The minimum Gasteiger partial charge on any atom is -0.346 e. The van der Waals surface area contributed by atoms with Gasteiger partial charge < -0.3 is 5.32 Å². The van der Waals surface area contributed by atoms with Crippen LogP contribution in [0.5, 0.6) is 0 Å². The number of rotatable bonds is 6. The summed E-state index contributed by atoms with van der Waals surface area (Å²) in [5.41, 5.74) is 4.45. The Bertz CT molecular complexity index is 783. The maximum atomic E-state index is 12.4. The van der Waals surface area contributed by atoms with Gasteiger partial charge in [-0.3, -0.25) is 4.79 Å². The minimum absolute atomic E-state index is 0.0722. The summed E-state index contributed by atoms with van der Waals surface area (Å²) in [5.74, 6) is 0.691. The number of amides is 1. The van der Waals surface area contributed by atoms with Crippen LogP contribution < -0.4 is 5.32 Å². The molecule has 3 aromatic rings. The molecule has 1 N–H and O–H groups in total. The Hall–Kier alpha value is -1.70. The molecule has 1 amide bonds. The van der Waals surface area contributed by atoms with E-state index < -0.39 is 0 Å². The molecule has 0 bridgehead atoms. The largest absolute Gasteiger partial charge is 0.346 e. The van der Waals surface area contributed by atoms with Crippen LogP contribution in [0.3, 0.4) is 0 Å². The fourth-order valence-electron chi connectivity index (χ4n) is 2.00. The molecule has 23 heavy (non-hydrogen) atoms. The molecule has 3 rings (SSSR count). The zero-order valence-electron chi connectivity index (χ0n) is 12.5. The number of carbonyl (C=O) groups excluding carboxylic acids is 1. The molecule has 0 aliphatic rings. The van der Waals surface area contributed by atoms with Gasteiger partial charge in [-0.25, -0.2) is 9.97 Å². The van der Waals surface area contributed by atoms with Gasteiger partial charge in [0.15, 0.2) is 0 Å². The monoisotopic (exact) mass is 361 g/mol. The second kappa shape index (κ2) is 7.72. The number of hydrogen-bond acceptors (Lipinski definition) is 6.